The van der Waals surface area contributed by atoms with Gasteiger partial charge in [-0.2, -0.15) is 0 Å². The lowest BCUT2D eigenvalue weighted by atomic mass is 10.1. The molecule has 1 aromatic rings. The molecule has 0 N–H and O–H groups in total. The molecular weight excluding hydrogens is 196 g/mol. The third-order valence-electron chi connectivity index (χ3n) is 2.41. The summed E-state index contributed by atoms with van der Waals surface area (Å²) in [6.45, 7) is 1.91. The van der Waals surface area contributed by atoms with Crippen LogP contribution in [0, 0.1) is 11.8 Å². The van der Waals surface area contributed by atoms with E-state index in [0.717, 1.165) is 24.8 Å². The van der Waals surface area contributed by atoms with Crippen molar-refractivity contribution in [3.8, 4) is 11.8 Å². The van der Waals surface area contributed by atoms with E-state index < -0.39 is 0 Å². The van der Waals surface area contributed by atoms with E-state index in [1.165, 1.54) is 0 Å². The molecule has 1 rings (SSSR count). The molecule has 1 heteroatoms. The smallest absolute Gasteiger partial charge is 0.132 e. The van der Waals surface area contributed by atoms with Gasteiger partial charge in [-0.3, -0.25) is 4.79 Å². The van der Waals surface area contributed by atoms with Crippen molar-refractivity contribution in [1.29, 1.82) is 0 Å². The quantitative estimate of drug-likeness (QED) is 0.541. The van der Waals surface area contributed by atoms with Gasteiger partial charge >= 0.3 is 0 Å². The van der Waals surface area contributed by atoms with E-state index in [2.05, 4.69) is 11.8 Å². The second-order valence-corrected chi connectivity index (χ2v) is 3.77. The maximum Gasteiger partial charge on any atom is 0.132 e. The number of rotatable bonds is 5. The predicted molar refractivity (Wildman–Crippen MR) is 67.1 cm³/mol. The van der Waals surface area contributed by atoms with Crippen LogP contribution in [0.4, 0.5) is 0 Å². The van der Waals surface area contributed by atoms with E-state index in [1.54, 1.807) is 0 Å². The molecule has 0 spiro atoms. The molecule has 0 fully saturated rings. The second-order valence-electron chi connectivity index (χ2n) is 3.77. The summed E-state index contributed by atoms with van der Waals surface area (Å²) in [5.74, 6) is 6.60. The van der Waals surface area contributed by atoms with Crippen LogP contribution < -0.4 is 0 Å². The van der Waals surface area contributed by atoms with Crippen molar-refractivity contribution >= 4 is 5.78 Å². The molecule has 0 aliphatic rings. The summed E-state index contributed by atoms with van der Waals surface area (Å²) in [5.41, 5.74) is 1.06. The van der Waals surface area contributed by atoms with Gasteiger partial charge in [0.05, 0.1) is 0 Å². The normalized spacial score (nSPS) is 9.31. The number of carbonyl (C=O) groups is 1. The Labute approximate surface area is 97.9 Å². The Bertz CT molecular complexity index is 367. The number of Topliss-reactive ketones (excluding diaryl/α,β-unsaturated/α-hetero) is 1. The molecule has 0 aromatic heterocycles. The molecule has 0 aliphatic carbocycles. The zero-order valence-corrected chi connectivity index (χ0v) is 9.83. The highest BCUT2D eigenvalue weighted by atomic mass is 16.1. The highest BCUT2D eigenvalue weighted by molar-refractivity contribution is 5.77. The minimum Gasteiger partial charge on any atom is -0.300 e. The van der Waals surface area contributed by atoms with E-state index in [4.69, 9.17) is 0 Å². The van der Waals surface area contributed by atoms with Crippen molar-refractivity contribution in [2.45, 2.75) is 39.0 Å². The zero-order valence-electron chi connectivity index (χ0n) is 9.83. The molecule has 0 atom stereocenters. The molecule has 16 heavy (non-hydrogen) atoms. The maximum absolute atomic E-state index is 11.0. The van der Waals surface area contributed by atoms with Gasteiger partial charge in [0.25, 0.3) is 0 Å². The van der Waals surface area contributed by atoms with Gasteiger partial charge in [-0.15, -0.1) is 0 Å². The summed E-state index contributed by atoms with van der Waals surface area (Å²) in [5, 5.41) is 0. The van der Waals surface area contributed by atoms with Crippen LogP contribution in [-0.4, -0.2) is 5.78 Å². The van der Waals surface area contributed by atoms with Crippen LogP contribution in [0.15, 0.2) is 30.3 Å². The van der Waals surface area contributed by atoms with Gasteiger partial charge in [0.2, 0.25) is 0 Å². The molecule has 0 heterocycles. The Balaban J connectivity index is 2.17. The van der Waals surface area contributed by atoms with Crippen LogP contribution in [0.1, 0.15) is 44.6 Å². The molecule has 0 unspecified atom stereocenters. The molecule has 0 amide bonds. The van der Waals surface area contributed by atoms with Crippen LogP contribution in [0.3, 0.4) is 0 Å². The molecule has 1 nitrogen and oxygen atoms in total. The van der Waals surface area contributed by atoms with Gasteiger partial charge in [0.15, 0.2) is 0 Å². The van der Waals surface area contributed by atoms with Crippen molar-refractivity contribution in [3.05, 3.63) is 35.9 Å². The van der Waals surface area contributed by atoms with E-state index in [9.17, 15) is 4.79 Å². The van der Waals surface area contributed by atoms with Crippen molar-refractivity contribution in [2.24, 2.45) is 0 Å². The van der Waals surface area contributed by atoms with Gasteiger partial charge in [-0.05, 0) is 25.0 Å². The SMILES string of the molecule is CCC(=O)CCCCC#Cc1ccccc1. The molecule has 1 aromatic carbocycles. The monoisotopic (exact) mass is 214 g/mol. The number of unbranched alkanes of at least 4 members (excludes halogenated alkanes) is 2. The number of hydrogen-bond donors (Lipinski definition) is 0. The van der Waals surface area contributed by atoms with E-state index in [0.29, 0.717) is 18.6 Å². The van der Waals surface area contributed by atoms with Gasteiger partial charge in [0, 0.05) is 24.8 Å². The summed E-state index contributed by atoms with van der Waals surface area (Å²) >= 11 is 0. The first kappa shape index (κ1) is 12.5. The van der Waals surface area contributed by atoms with E-state index >= 15 is 0 Å². The van der Waals surface area contributed by atoms with Gasteiger partial charge < -0.3 is 0 Å². The Kier molecular flexibility index (Phi) is 6.03. The lowest BCUT2D eigenvalue weighted by Crippen LogP contribution is -1.93. The standard InChI is InChI=1S/C15H18O/c1-2-15(16)13-9-4-3-6-10-14-11-7-5-8-12-14/h5,7-8,11-12H,2-4,9,13H2,1H3. The first-order valence-electron chi connectivity index (χ1n) is 5.88. The largest absolute Gasteiger partial charge is 0.300 e. The van der Waals surface area contributed by atoms with Gasteiger partial charge in [-0.25, -0.2) is 0 Å². The average Bonchev–Trinajstić information content (AvgIpc) is 2.34. The highest BCUT2D eigenvalue weighted by Gasteiger charge is 1.95. The molecule has 0 radical (unpaired) electrons. The van der Waals surface area contributed by atoms with Crippen molar-refractivity contribution in [2.75, 3.05) is 0 Å². The first-order valence-corrected chi connectivity index (χ1v) is 5.88. The predicted octanol–water partition coefficient (Wildman–Crippen LogP) is 3.58. The Morgan fingerprint density at radius 2 is 1.94 bits per heavy atom. The summed E-state index contributed by atoms with van der Waals surface area (Å²) < 4.78 is 0. The summed E-state index contributed by atoms with van der Waals surface area (Å²) in [6, 6.07) is 9.98. The van der Waals surface area contributed by atoms with Crippen LogP contribution in [0.5, 0.6) is 0 Å². The van der Waals surface area contributed by atoms with Gasteiger partial charge in [0.1, 0.15) is 5.78 Å². The first-order chi connectivity index (χ1) is 7.83. The summed E-state index contributed by atoms with van der Waals surface area (Å²) in [6.07, 6.45) is 4.24. The molecule has 0 aliphatic heterocycles. The molecular formula is C15H18O. The van der Waals surface area contributed by atoms with Crippen LogP contribution in [0.25, 0.3) is 0 Å². The number of carbonyl (C=O) groups excluding carboxylic acids is 1. The summed E-state index contributed by atoms with van der Waals surface area (Å²) in [7, 11) is 0. The van der Waals surface area contributed by atoms with E-state index in [-0.39, 0.29) is 0 Å². The topological polar surface area (TPSA) is 17.1 Å². The Morgan fingerprint density at radius 3 is 2.62 bits per heavy atom. The lowest BCUT2D eigenvalue weighted by Gasteiger charge is -1.94. The third kappa shape index (κ3) is 5.36. The second kappa shape index (κ2) is 7.70. The highest BCUT2D eigenvalue weighted by Crippen LogP contribution is 2.02. The number of hydrogen-bond acceptors (Lipinski definition) is 1. The fraction of sp³-hybridized carbons (Fsp3) is 0.400. The Hall–Kier alpha value is -1.55. The zero-order chi connectivity index (χ0) is 11.6. The van der Waals surface area contributed by atoms with Crippen molar-refractivity contribution in [1.82, 2.24) is 0 Å². The van der Waals surface area contributed by atoms with Crippen molar-refractivity contribution < 1.29 is 4.79 Å². The Morgan fingerprint density at radius 1 is 1.19 bits per heavy atom. The number of benzene rings is 1. The average molecular weight is 214 g/mol. The molecule has 0 saturated carbocycles. The van der Waals surface area contributed by atoms with Crippen LogP contribution in [-0.2, 0) is 4.79 Å². The fourth-order valence-corrected chi connectivity index (χ4v) is 1.40. The molecule has 84 valence electrons. The fourth-order valence-electron chi connectivity index (χ4n) is 1.40. The lowest BCUT2D eigenvalue weighted by molar-refractivity contribution is -0.118. The van der Waals surface area contributed by atoms with Crippen LogP contribution >= 0.6 is 0 Å². The summed E-state index contributed by atoms with van der Waals surface area (Å²) in [4.78, 5) is 11.0. The third-order valence-corrected chi connectivity index (χ3v) is 2.41. The molecule has 0 saturated heterocycles. The molecule has 0 bridgehead atoms. The minimum absolute atomic E-state index is 0.357. The van der Waals surface area contributed by atoms with Crippen molar-refractivity contribution in [3.63, 3.8) is 0 Å². The van der Waals surface area contributed by atoms with E-state index in [1.807, 2.05) is 37.3 Å². The van der Waals surface area contributed by atoms with Crippen LogP contribution in [0.2, 0.25) is 0 Å². The maximum atomic E-state index is 11.0. The minimum atomic E-state index is 0.357. The number of ketones is 1. The van der Waals surface area contributed by atoms with Gasteiger partial charge in [-0.1, -0.05) is 37.0 Å².